The maximum atomic E-state index is 11.9. The highest BCUT2D eigenvalue weighted by atomic mass is 32.1. The summed E-state index contributed by atoms with van der Waals surface area (Å²) in [4.78, 5) is 13.7. The number of aryl methyl sites for hydroxylation is 2. The van der Waals surface area contributed by atoms with E-state index < -0.39 is 0 Å². The van der Waals surface area contributed by atoms with E-state index in [4.69, 9.17) is 12.2 Å². The molecule has 2 N–H and O–H groups in total. The Morgan fingerprint density at radius 1 is 1.11 bits per heavy atom. The fourth-order valence-electron chi connectivity index (χ4n) is 3.73. The molecule has 0 aromatic heterocycles. The highest BCUT2D eigenvalue weighted by molar-refractivity contribution is 7.80. The van der Waals surface area contributed by atoms with E-state index in [-0.39, 0.29) is 11.9 Å². The zero-order valence-corrected chi connectivity index (χ0v) is 17.9. The fraction of sp³-hybridized carbons (Fsp3) is 0.391. The van der Waals surface area contributed by atoms with Crippen LogP contribution in [0.25, 0.3) is 0 Å². The van der Waals surface area contributed by atoms with Crippen LogP contribution in [0.2, 0.25) is 0 Å². The molecule has 2 aromatic carbocycles. The number of nitrogens with zero attached hydrogens (tertiary/aromatic N) is 1. The van der Waals surface area contributed by atoms with Gasteiger partial charge < -0.3 is 15.5 Å². The van der Waals surface area contributed by atoms with Crippen molar-refractivity contribution in [3.63, 3.8) is 0 Å². The van der Waals surface area contributed by atoms with Crippen LogP contribution in [0.4, 0.5) is 11.4 Å². The van der Waals surface area contributed by atoms with E-state index in [1.807, 2.05) is 29.2 Å². The van der Waals surface area contributed by atoms with Crippen molar-refractivity contribution in [2.75, 3.05) is 16.8 Å². The molecule has 1 atom stereocenters. The maximum Gasteiger partial charge on any atom is 0.227 e. The van der Waals surface area contributed by atoms with Crippen LogP contribution in [0.5, 0.6) is 0 Å². The summed E-state index contributed by atoms with van der Waals surface area (Å²) in [5, 5.41) is 7.35. The van der Waals surface area contributed by atoms with Crippen LogP contribution in [0.15, 0.2) is 42.5 Å². The van der Waals surface area contributed by atoms with Gasteiger partial charge in [-0.1, -0.05) is 37.6 Å². The summed E-state index contributed by atoms with van der Waals surface area (Å²) < 4.78 is 0. The van der Waals surface area contributed by atoms with Gasteiger partial charge in [-0.3, -0.25) is 4.79 Å². The number of hydrogen-bond acceptors (Lipinski definition) is 2. The predicted molar refractivity (Wildman–Crippen MR) is 121 cm³/mol. The predicted octanol–water partition coefficient (Wildman–Crippen LogP) is 5.11. The quantitative estimate of drug-likeness (QED) is 0.690. The van der Waals surface area contributed by atoms with Gasteiger partial charge in [0, 0.05) is 24.3 Å². The Morgan fingerprint density at radius 2 is 1.82 bits per heavy atom. The van der Waals surface area contributed by atoms with Crippen LogP contribution < -0.4 is 15.5 Å². The molecule has 1 aliphatic rings. The lowest BCUT2D eigenvalue weighted by molar-refractivity contribution is -0.117. The van der Waals surface area contributed by atoms with Crippen molar-refractivity contribution in [3.8, 4) is 0 Å². The van der Waals surface area contributed by atoms with Crippen molar-refractivity contribution >= 4 is 34.6 Å². The molecule has 2 aromatic rings. The standard InChI is InChI=1S/C23H29N3OS/c1-15(2)22(20-12-7-16(3)14-17(20)4)25-23(28)24-18-8-10-19(11-9-18)26-13-5-6-21(26)27/h7-12,14-15,22H,5-6,13H2,1-4H3,(H2,24,25,28)/t22-/m1/s1. The van der Waals surface area contributed by atoms with Crippen LogP contribution in [0, 0.1) is 19.8 Å². The third-order valence-corrected chi connectivity index (χ3v) is 5.44. The van der Waals surface area contributed by atoms with E-state index >= 15 is 0 Å². The number of rotatable bonds is 5. The Kier molecular flexibility index (Phi) is 6.35. The minimum atomic E-state index is 0.141. The molecular weight excluding hydrogens is 366 g/mol. The molecule has 4 nitrogen and oxygen atoms in total. The summed E-state index contributed by atoms with van der Waals surface area (Å²) in [6, 6.07) is 14.6. The van der Waals surface area contributed by atoms with Gasteiger partial charge in [0.1, 0.15) is 0 Å². The topological polar surface area (TPSA) is 44.4 Å². The van der Waals surface area contributed by atoms with Crippen LogP contribution in [-0.4, -0.2) is 17.6 Å². The number of thiocarbonyl (C=S) groups is 1. The number of carbonyl (C=O) groups excluding carboxylic acids is 1. The Labute approximate surface area is 173 Å². The second kappa shape index (κ2) is 8.74. The van der Waals surface area contributed by atoms with Crippen molar-refractivity contribution in [3.05, 3.63) is 59.2 Å². The average molecular weight is 396 g/mol. The lowest BCUT2D eigenvalue weighted by Crippen LogP contribution is -2.35. The first-order valence-electron chi connectivity index (χ1n) is 9.90. The molecule has 28 heavy (non-hydrogen) atoms. The van der Waals surface area contributed by atoms with Gasteiger partial charge in [-0.2, -0.15) is 0 Å². The number of amides is 1. The monoisotopic (exact) mass is 395 g/mol. The van der Waals surface area contributed by atoms with Crippen LogP contribution >= 0.6 is 12.2 Å². The average Bonchev–Trinajstić information content (AvgIpc) is 3.07. The Morgan fingerprint density at radius 3 is 2.39 bits per heavy atom. The van der Waals surface area contributed by atoms with E-state index in [9.17, 15) is 4.79 Å². The molecule has 5 heteroatoms. The molecule has 0 spiro atoms. The summed E-state index contributed by atoms with van der Waals surface area (Å²) in [6.45, 7) is 9.45. The molecule has 1 amide bonds. The highest BCUT2D eigenvalue weighted by Crippen LogP contribution is 2.26. The first-order chi connectivity index (χ1) is 13.3. The summed E-state index contributed by atoms with van der Waals surface area (Å²) in [6.07, 6.45) is 1.57. The van der Waals surface area contributed by atoms with Gasteiger partial charge in [0.15, 0.2) is 5.11 Å². The number of nitrogens with one attached hydrogen (secondary N) is 2. The SMILES string of the molecule is Cc1ccc([C@H](NC(=S)Nc2ccc(N3CCCC3=O)cc2)C(C)C)c(C)c1. The number of hydrogen-bond donors (Lipinski definition) is 2. The van der Waals surface area contributed by atoms with Crippen LogP contribution in [0.3, 0.4) is 0 Å². The summed E-state index contributed by atoms with van der Waals surface area (Å²) in [5.41, 5.74) is 5.67. The van der Waals surface area contributed by atoms with Gasteiger partial charge in [0.25, 0.3) is 0 Å². The molecular formula is C23H29N3OS. The highest BCUT2D eigenvalue weighted by Gasteiger charge is 2.22. The van der Waals surface area contributed by atoms with Gasteiger partial charge in [-0.05, 0) is 73.8 Å². The largest absolute Gasteiger partial charge is 0.355 e. The molecule has 0 aliphatic carbocycles. The van der Waals surface area contributed by atoms with Gasteiger partial charge >= 0.3 is 0 Å². The first-order valence-corrected chi connectivity index (χ1v) is 10.3. The number of anilines is 2. The summed E-state index contributed by atoms with van der Waals surface area (Å²) in [5.74, 6) is 0.593. The molecule has 0 bridgehead atoms. The third-order valence-electron chi connectivity index (χ3n) is 5.22. The summed E-state index contributed by atoms with van der Waals surface area (Å²) in [7, 11) is 0. The molecule has 148 valence electrons. The lowest BCUT2D eigenvalue weighted by atomic mass is 9.92. The molecule has 1 fully saturated rings. The minimum absolute atomic E-state index is 0.141. The third kappa shape index (κ3) is 4.71. The van der Waals surface area contributed by atoms with Crippen molar-refractivity contribution in [2.24, 2.45) is 5.92 Å². The van der Waals surface area contributed by atoms with E-state index in [0.717, 1.165) is 24.3 Å². The van der Waals surface area contributed by atoms with Crippen molar-refractivity contribution in [1.82, 2.24) is 5.32 Å². The summed E-state index contributed by atoms with van der Waals surface area (Å²) >= 11 is 5.57. The molecule has 3 rings (SSSR count). The zero-order valence-electron chi connectivity index (χ0n) is 17.1. The maximum absolute atomic E-state index is 11.9. The number of carbonyl (C=O) groups is 1. The minimum Gasteiger partial charge on any atom is -0.355 e. The lowest BCUT2D eigenvalue weighted by Gasteiger charge is -2.26. The molecule has 1 saturated heterocycles. The number of benzene rings is 2. The van der Waals surface area contributed by atoms with Gasteiger partial charge in [-0.25, -0.2) is 0 Å². The second-order valence-corrected chi connectivity index (χ2v) is 8.28. The van der Waals surface area contributed by atoms with E-state index in [2.05, 4.69) is 56.5 Å². The van der Waals surface area contributed by atoms with Gasteiger partial charge in [0.2, 0.25) is 5.91 Å². The van der Waals surface area contributed by atoms with Gasteiger partial charge in [0.05, 0.1) is 6.04 Å². The Balaban J connectivity index is 1.67. The van der Waals surface area contributed by atoms with Gasteiger partial charge in [-0.15, -0.1) is 0 Å². The van der Waals surface area contributed by atoms with E-state index in [0.29, 0.717) is 17.5 Å². The van der Waals surface area contributed by atoms with Crippen LogP contribution in [0.1, 0.15) is 49.4 Å². The molecule has 0 radical (unpaired) electrons. The Bertz CT molecular complexity index is 861. The second-order valence-electron chi connectivity index (χ2n) is 7.88. The fourth-order valence-corrected chi connectivity index (χ4v) is 3.98. The van der Waals surface area contributed by atoms with E-state index in [1.54, 1.807) is 0 Å². The molecule has 1 heterocycles. The molecule has 1 aliphatic heterocycles. The smallest absolute Gasteiger partial charge is 0.227 e. The Hall–Kier alpha value is -2.40. The first kappa shape index (κ1) is 20.3. The normalized spacial score (nSPS) is 15.0. The van der Waals surface area contributed by atoms with Crippen LogP contribution in [-0.2, 0) is 4.79 Å². The zero-order chi connectivity index (χ0) is 20.3. The molecule has 0 saturated carbocycles. The van der Waals surface area contributed by atoms with E-state index in [1.165, 1.54) is 16.7 Å². The van der Waals surface area contributed by atoms with Crippen molar-refractivity contribution in [1.29, 1.82) is 0 Å². The molecule has 0 unspecified atom stereocenters. The van der Waals surface area contributed by atoms with Crippen molar-refractivity contribution in [2.45, 2.75) is 46.6 Å². The van der Waals surface area contributed by atoms with Crippen molar-refractivity contribution < 1.29 is 4.79 Å².